The summed E-state index contributed by atoms with van der Waals surface area (Å²) >= 11 is 0. The highest BCUT2D eigenvalue weighted by molar-refractivity contribution is 5.97. The lowest BCUT2D eigenvalue weighted by Crippen LogP contribution is -2.30. The number of nitrogens with zero attached hydrogens (tertiary/aromatic N) is 1. The predicted molar refractivity (Wildman–Crippen MR) is 116 cm³/mol. The van der Waals surface area contributed by atoms with Crippen LogP contribution in [-0.2, 0) is 16.0 Å². The third-order valence-corrected chi connectivity index (χ3v) is 5.93. The van der Waals surface area contributed by atoms with Crippen molar-refractivity contribution in [2.24, 2.45) is 5.92 Å². The molecule has 4 rings (SSSR count). The standard InChI is InChI=1S/C24H27N3O2/c1-15-4-7-22-21(10-15)18(13-25-22)8-9-27-14-19(12-23(27)28)24(29)26-20-6-5-16(2)17(3)11-20/h4-7,10-11,13,19,25H,8-9,12,14H2,1-3H3,(H,26,29)/t19-/m0/s1. The third-order valence-electron chi connectivity index (χ3n) is 5.93. The molecular formula is C24H27N3O2. The van der Waals surface area contributed by atoms with Crippen molar-refractivity contribution in [3.8, 4) is 0 Å². The molecule has 1 fully saturated rings. The number of fused-ring (bicyclic) bond motifs is 1. The van der Waals surface area contributed by atoms with Crippen molar-refractivity contribution >= 4 is 28.4 Å². The number of hydrogen-bond donors (Lipinski definition) is 2. The smallest absolute Gasteiger partial charge is 0.229 e. The van der Waals surface area contributed by atoms with E-state index in [0.717, 1.165) is 23.2 Å². The van der Waals surface area contributed by atoms with Gasteiger partial charge in [-0.2, -0.15) is 0 Å². The molecule has 29 heavy (non-hydrogen) atoms. The summed E-state index contributed by atoms with van der Waals surface area (Å²) in [6.45, 7) is 7.27. The minimum absolute atomic E-state index is 0.0567. The van der Waals surface area contributed by atoms with Crippen LogP contribution in [0.3, 0.4) is 0 Å². The van der Waals surface area contributed by atoms with E-state index >= 15 is 0 Å². The van der Waals surface area contributed by atoms with E-state index in [1.165, 1.54) is 22.1 Å². The molecule has 2 heterocycles. The lowest BCUT2D eigenvalue weighted by atomic mass is 10.1. The molecule has 2 amide bonds. The molecule has 150 valence electrons. The van der Waals surface area contributed by atoms with Gasteiger partial charge in [0.1, 0.15) is 0 Å². The molecule has 0 unspecified atom stereocenters. The van der Waals surface area contributed by atoms with E-state index in [2.05, 4.69) is 35.4 Å². The van der Waals surface area contributed by atoms with E-state index in [-0.39, 0.29) is 24.2 Å². The molecular weight excluding hydrogens is 362 g/mol. The average Bonchev–Trinajstić information content (AvgIpc) is 3.26. The maximum atomic E-state index is 12.7. The maximum Gasteiger partial charge on any atom is 0.229 e. The van der Waals surface area contributed by atoms with Gasteiger partial charge < -0.3 is 15.2 Å². The first-order valence-corrected chi connectivity index (χ1v) is 10.1. The Labute approximate surface area is 171 Å². The van der Waals surface area contributed by atoms with Gasteiger partial charge >= 0.3 is 0 Å². The van der Waals surface area contributed by atoms with Crippen LogP contribution in [0, 0.1) is 26.7 Å². The van der Waals surface area contributed by atoms with E-state index in [0.29, 0.717) is 13.1 Å². The second kappa shape index (κ2) is 7.74. The number of aryl methyl sites for hydroxylation is 3. The summed E-state index contributed by atoms with van der Waals surface area (Å²) in [6.07, 6.45) is 3.08. The zero-order valence-corrected chi connectivity index (χ0v) is 17.2. The number of rotatable bonds is 5. The van der Waals surface area contributed by atoms with Crippen LogP contribution in [0.25, 0.3) is 10.9 Å². The van der Waals surface area contributed by atoms with Crippen LogP contribution in [0.15, 0.2) is 42.6 Å². The van der Waals surface area contributed by atoms with Crippen LogP contribution in [0.1, 0.15) is 28.7 Å². The van der Waals surface area contributed by atoms with Gasteiger partial charge in [-0.25, -0.2) is 0 Å². The normalized spacial score (nSPS) is 16.6. The van der Waals surface area contributed by atoms with Crippen LogP contribution in [0.4, 0.5) is 5.69 Å². The van der Waals surface area contributed by atoms with Crippen LogP contribution >= 0.6 is 0 Å². The fraction of sp³-hybridized carbons (Fsp3) is 0.333. The molecule has 0 saturated carbocycles. The van der Waals surface area contributed by atoms with Crippen molar-refractivity contribution in [2.75, 3.05) is 18.4 Å². The highest BCUT2D eigenvalue weighted by Gasteiger charge is 2.34. The number of amides is 2. The van der Waals surface area contributed by atoms with Crippen LogP contribution in [-0.4, -0.2) is 34.8 Å². The Kier molecular flexibility index (Phi) is 5.14. The largest absolute Gasteiger partial charge is 0.361 e. The first kappa shape index (κ1) is 19.2. The quantitative estimate of drug-likeness (QED) is 0.689. The molecule has 0 radical (unpaired) electrons. The molecule has 1 atom stereocenters. The van der Waals surface area contributed by atoms with Crippen molar-refractivity contribution in [1.29, 1.82) is 0 Å². The summed E-state index contributed by atoms with van der Waals surface area (Å²) in [6, 6.07) is 12.2. The Morgan fingerprint density at radius 3 is 2.76 bits per heavy atom. The number of benzene rings is 2. The Hall–Kier alpha value is -3.08. The second-order valence-electron chi connectivity index (χ2n) is 8.14. The van der Waals surface area contributed by atoms with Crippen LogP contribution in [0.2, 0.25) is 0 Å². The number of H-pyrrole nitrogens is 1. The van der Waals surface area contributed by atoms with Crippen molar-refractivity contribution in [3.63, 3.8) is 0 Å². The fourth-order valence-electron chi connectivity index (χ4n) is 3.98. The topological polar surface area (TPSA) is 65.2 Å². The monoisotopic (exact) mass is 389 g/mol. The number of likely N-dealkylation sites (tertiary alicyclic amines) is 1. The molecule has 1 aromatic heterocycles. The summed E-state index contributed by atoms with van der Waals surface area (Å²) in [5.74, 6) is -0.317. The van der Waals surface area contributed by atoms with E-state index < -0.39 is 0 Å². The SMILES string of the molecule is Cc1ccc2[nH]cc(CCN3C[C@@H](C(=O)Nc4ccc(C)c(C)c4)CC3=O)c2c1. The zero-order valence-electron chi connectivity index (χ0n) is 17.2. The Morgan fingerprint density at radius 2 is 1.97 bits per heavy atom. The van der Waals surface area contributed by atoms with E-state index in [1.807, 2.05) is 43.1 Å². The van der Waals surface area contributed by atoms with Gasteiger partial charge in [-0.15, -0.1) is 0 Å². The van der Waals surface area contributed by atoms with Crippen molar-refractivity contribution < 1.29 is 9.59 Å². The molecule has 1 aliphatic heterocycles. The molecule has 5 heteroatoms. The van der Waals surface area contributed by atoms with Gasteiger partial charge in [0, 0.05) is 42.3 Å². The maximum absolute atomic E-state index is 12.7. The van der Waals surface area contributed by atoms with Gasteiger partial charge in [0.05, 0.1) is 5.92 Å². The Morgan fingerprint density at radius 1 is 1.14 bits per heavy atom. The summed E-state index contributed by atoms with van der Waals surface area (Å²) in [7, 11) is 0. The fourth-order valence-corrected chi connectivity index (χ4v) is 3.98. The Bertz CT molecular complexity index is 1080. The van der Waals surface area contributed by atoms with E-state index in [9.17, 15) is 9.59 Å². The molecule has 1 saturated heterocycles. The first-order chi connectivity index (χ1) is 13.9. The van der Waals surface area contributed by atoms with Crippen molar-refractivity contribution in [1.82, 2.24) is 9.88 Å². The van der Waals surface area contributed by atoms with Crippen LogP contribution < -0.4 is 5.32 Å². The lowest BCUT2D eigenvalue weighted by Gasteiger charge is -2.16. The number of anilines is 1. The molecule has 1 aliphatic rings. The first-order valence-electron chi connectivity index (χ1n) is 10.1. The number of nitrogens with one attached hydrogen (secondary N) is 2. The minimum atomic E-state index is -0.297. The molecule has 2 aromatic carbocycles. The third kappa shape index (κ3) is 4.04. The number of aromatic nitrogens is 1. The number of carbonyl (C=O) groups excluding carboxylic acids is 2. The van der Waals surface area contributed by atoms with Gasteiger partial charge in [0.15, 0.2) is 0 Å². The minimum Gasteiger partial charge on any atom is -0.361 e. The predicted octanol–water partition coefficient (Wildman–Crippen LogP) is 4.12. The van der Waals surface area contributed by atoms with Gasteiger partial charge in [0.2, 0.25) is 11.8 Å². The number of hydrogen-bond acceptors (Lipinski definition) is 2. The molecule has 0 bridgehead atoms. The van der Waals surface area contributed by atoms with Gasteiger partial charge in [-0.3, -0.25) is 9.59 Å². The van der Waals surface area contributed by atoms with Gasteiger partial charge in [0.25, 0.3) is 0 Å². The summed E-state index contributed by atoms with van der Waals surface area (Å²) in [5.41, 5.74) is 6.67. The van der Waals surface area contributed by atoms with Gasteiger partial charge in [-0.1, -0.05) is 17.7 Å². The second-order valence-corrected chi connectivity index (χ2v) is 8.14. The number of aromatic amines is 1. The highest BCUT2D eigenvalue weighted by atomic mass is 16.2. The average molecular weight is 389 g/mol. The van der Waals surface area contributed by atoms with Gasteiger partial charge in [-0.05, 0) is 68.1 Å². The van der Waals surface area contributed by atoms with Crippen LogP contribution in [0.5, 0.6) is 0 Å². The molecule has 0 spiro atoms. The molecule has 5 nitrogen and oxygen atoms in total. The summed E-state index contributed by atoms with van der Waals surface area (Å²) in [5, 5.41) is 4.18. The Balaban J connectivity index is 1.37. The van der Waals surface area contributed by atoms with E-state index in [4.69, 9.17) is 0 Å². The lowest BCUT2D eigenvalue weighted by molar-refractivity contribution is -0.128. The summed E-state index contributed by atoms with van der Waals surface area (Å²) in [4.78, 5) is 30.2. The molecule has 0 aliphatic carbocycles. The summed E-state index contributed by atoms with van der Waals surface area (Å²) < 4.78 is 0. The highest BCUT2D eigenvalue weighted by Crippen LogP contribution is 2.24. The van der Waals surface area contributed by atoms with Crippen molar-refractivity contribution in [3.05, 3.63) is 64.8 Å². The molecule has 3 aromatic rings. The van der Waals surface area contributed by atoms with Crippen molar-refractivity contribution in [2.45, 2.75) is 33.6 Å². The van der Waals surface area contributed by atoms with E-state index in [1.54, 1.807) is 0 Å². The zero-order chi connectivity index (χ0) is 20.5. The number of carbonyl (C=O) groups is 2. The molecule has 2 N–H and O–H groups in total.